The predicted octanol–water partition coefficient (Wildman–Crippen LogP) is 4.82. The van der Waals surface area contributed by atoms with Gasteiger partial charge in [-0.15, -0.1) is 0 Å². The Balaban J connectivity index is 1.54. The summed E-state index contributed by atoms with van der Waals surface area (Å²) in [6, 6.07) is 21.3. The number of amides is 1. The summed E-state index contributed by atoms with van der Waals surface area (Å²) in [6.45, 7) is 0.552. The van der Waals surface area contributed by atoms with Crippen LogP contribution in [0, 0.1) is 5.92 Å². The largest absolute Gasteiger partial charge is 0.457 e. The van der Waals surface area contributed by atoms with E-state index in [1.807, 2.05) is 71.6 Å². The molecule has 0 radical (unpaired) electrons. The van der Waals surface area contributed by atoms with E-state index in [9.17, 15) is 4.79 Å². The first-order valence-electron chi connectivity index (χ1n) is 8.83. The highest BCUT2D eigenvalue weighted by molar-refractivity contribution is 5.96. The SMILES string of the molecule is O=C(C1CC1)N(Cc1ccncc1)c1ccc(Oc2ccccc2)cc1. The predicted molar refractivity (Wildman–Crippen MR) is 101 cm³/mol. The summed E-state index contributed by atoms with van der Waals surface area (Å²) in [5, 5.41) is 0. The van der Waals surface area contributed by atoms with Gasteiger partial charge in [0.05, 0.1) is 6.54 Å². The van der Waals surface area contributed by atoms with Gasteiger partial charge in [-0.05, 0) is 66.9 Å². The minimum absolute atomic E-state index is 0.164. The van der Waals surface area contributed by atoms with Crippen molar-refractivity contribution in [2.45, 2.75) is 19.4 Å². The molecule has 4 heteroatoms. The van der Waals surface area contributed by atoms with Gasteiger partial charge in [-0.3, -0.25) is 9.78 Å². The number of aromatic nitrogens is 1. The summed E-state index contributed by atoms with van der Waals surface area (Å²) >= 11 is 0. The van der Waals surface area contributed by atoms with E-state index < -0.39 is 0 Å². The molecule has 1 fully saturated rings. The van der Waals surface area contributed by atoms with E-state index >= 15 is 0 Å². The standard InChI is InChI=1S/C22H20N2O2/c25-22(18-6-7-18)24(16-17-12-14-23-15-13-17)19-8-10-21(11-9-19)26-20-4-2-1-3-5-20/h1-5,8-15,18H,6-7,16H2. The zero-order chi connectivity index (χ0) is 17.8. The average Bonchev–Trinajstić information content (AvgIpc) is 3.53. The van der Waals surface area contributed by atoms with Crippen molar-refractivity contribution in [3.63, 3.8) is 0 Å². The molecule has 26 heavy (non-hydrogen) atoms. The van der Waals surface area contributed by atoms with E-state index in [0.29, 0.717) is 6.54 Å². The number of carbonyl (C=O) groups excluding carboxylic acids is 1. The van der Waals surface area contributed by atoms with E-state index in [2.05, 4.69) is 4.98 Å². The zero-order valence-corrected chi connectivity index (χ0v) is 14.4. The molecule has 0 spiro atoms. The van der Waals surface area contributed by atoms with Crippen LogP contribution in [0.4, 0.5) is 5.69 Å². The maximum absolute atomic E-state index is 12.8. The maximum Gasteiger partial charge on any atom is 0.230 e. The molecule has 0 atom stereocenters. The number of hydrogen-bond donors (Lipinski definition) is 0. The Morgan fingerprint density at radius 1 is 0.923 bits per heavy atom. The number of rotatable bonds is 6. The van der Waals surface area contributed by atoms with Crippen LogP contribution in [-0.4, -0.2) is 10.9 Å². The molecule has 0 bridgehead atoms. The first kappa shape index (κ1) is 16.3. The van der Waals surface area contributed by atoms with E-state index in [1.165, 1.54) is 0 Å². The number of anilines is 1. The second kappa shape index (κ2) is 7.40. The third kappa shape index (κ3) is 3.91. The number of benzene rings is 2. The molecule has 1 aromatic heterocycles. The Hall–Kier alpha value is -3.14. The highest BCUT2D eigenvalue weighted by atomic mass is 16.5. The van der Waals surface area contributed by atoms with Gasteiger partial charge in [0.25, 0.3) is 0 Å². The number of carbonyl (C=O) groups is 1. The summed E-state index contributed by atoms with van der Waals surface area (Å²) in [4.78, 5) is 18.7. The minimum atomic E-state index is 0.164. The zero-order valence-electron chi connectivity index (χ0n) is 14.4. The van der Waals surface area contributed by atoms with E-state index in [1.54, 1.807) is 12.4 Å². The molecule has 1 aliphatic rings. The van der Waals surface area contributed by atoms with Crippen molar-refractivity contribution in [1.82, 2.24) is 4.98 Å². The molecule has 1 aliphatic carbocycles. The number of nitrogens with zero attached hydrogens (tertiary/aromatic N) is 2. The maximum atomic E-state index is 12.8. The van der Waals surface area contributed by atoms with Crippen LogP contribution in [0.15, 0.2) is 79.1 Å². The van der Waals surface area contributed by atoms with Crippen molar-refractivity contribution < 1.29 is 9.53 Å². The molecule has 0 saturated heterocycles. The number of ether oxygens (including phenoxy) is 1. The van der Waals surface area contributed by atoms with Crippen LogP contribution in [0.25, 0.3) is 0 Å². The molecular formula is C22H20N2O2. The van der Waals surface area contributed by atoms with Gasteiger partial charge < -0.3 is 9.64 Å². The fourth-order valence-electron chi connectivity index (χ4n) is 2.84. The Bertz CT molecular complexity index is 860. The van der Waals surface area contributed by atoms with Crippen molar-refractivity contribution in [1.29, 1.82) is 0 Å². The normalized spacial score (nSPS) is 13.2. The Labute approximate surface area is 153 Å². The van der Waals surface area contributed by atoms with Crippen LogP contribution in [0.2, 0.25) is 0 Å². The lowest BCUT2D eigenvalue weighted by Crippen LogP contribution is -2.31. The lowest BCUT2D eigenvalue weighted by Gasteiger charge is -2.23. The molecule has 1 heterocycles. The first-order chi connectivity index (χ1) is 12.8. The monoisotopic (exact) mass is 344 g/mol. The molecule has 0 aliphatic heterocycles. The van der Waals surface area contributed by atoms with Gasteiger partial charge in [0, 0.05) is 24.0 Å². The van der Waals surface area contributed by atoms with E-state index in [0.717, 1.165) is 35.6 Å². The molecule has 4 rings (SSSR count). The highest BCUT2D eigenvalue weighted by Gasteiger charge is 2.34. The fraction of sp³-hybridized carbons (Fsp3) is 0.182. The van der Waals surface area contributed by atoms with Crippen LogP contribution in [0.5, 0.6) is 11.5 Å². The third-order valence-electron chi connectivity index (χ3n) is 4.41. The molecule has 2 aromatic carbocycles. The van der Waals surface area contributed by atoms with E-state index in [-0.39, 0.29) is 11.8 Å². The fourth-order valence-corrected chi connectivity index (χ4v) is 2.84. The quantitative estimate of drug-likeness (QED) is 0.644. The average molecular weight is 344 g/mol. The molecule has 0 unspecified atom stereocenters. The molecule has 3 aromatic rings. The third-order valence-corrected chi connectivity index (χ3v) is 4.41. The van der Waals surface area contributed by atoms with Crippen LogP contribution < -0.4 is 9.64 Å². The topological polar surface area (TPSA) is 42.4 Å². The minimum Gasteiger partial charge on any atom is -0.457 e. The van der Waals surface area contributed by atoms with Gasteiger partial charge in [-0.25, -0.2) is 0 Å². The Morgan fingerprint density at radius 2 is 1.58 bits per heavy atom. The smallest absolute Gasteiger partial charge is 0.230 e. The van der Waals surface area contributed by atoms with Crippen molar-refractivity contribution in [2.24, 2.45) is 5.92 Å². The summed E-state index contributed by atoms with van der Waals surface area (Å²) in [5.74, 6) is 1.90. The first-order valence-corrected chi connectivity index (χ1v) is 8.83. The summed E-state index contributed by atoms with van der Waals surface area (Å²) in [5.41, 5.74) is 1.96. The molecule has 130 valence electrons. The van der Waals surface area contributed by atoms with E-state index in [4.69, 9.17) is 4.74 Å². The number of pyridine rings is 1. The van der Waals surface area contributed by atoms with Gasteiger partial charge >= 0.3 is 0 Å². The summed E-state index contributed by atoms with van der Waals surface area (Å²) in [7, 11) is 0. The van der Waals surface area contributed by atoms with Gasteiger partial charge in [-0.2, -0.15) is 0 Å². The summed E-state index contributed by atoms with van der Waals surface area (Å²) < 4.78 is 5.84. The molecule has 1 amide bonds. The second-order valence-electron chi connectivity index (χ2n) is 6.46. The van der Waals surface area contributed by atoms with Crippen molar-refractivity contribution in [2.75, 3.05) is 4.90 Å². The lowest BCUT2D eigenvalue weighted by atomic mass is 10.2. The highest BCUT2D eigenvalue weighted by Crippen LogP contribution is 2.34. The molecule has 4 nitrogen and oxygen atoms in total. The Morgan fingerprint density at radius 3 is 2.23 bits per heavy atom. The molecule has 0 N–H and O–H groups in total. The van der Waals surface area contributed by atoms with Gasteiger partial charge in [0.2, 0.25) is 5.91 Å². The molecule has 1 saturated carbocycles. The van der Waals surface area contributed by atoms with Gasteiger partial charge in [-0.1, -0.05) is 18.2 Å². The molecular weight excluding hydrogens is 324 g/mol. The van der Waals surface area contributed by atoms with Crippen LogP contribution >= 0.6 is 0 Å². The lowest BCUT2D eigenvalue weighted by molar-refractivity contribution is -0.119. The number of para-hydroxylation sites is 1. The van der Waals surface area contributed by atoms with Gasteiger partial charge in [0.15, 0.2) is 0 Å². The van der Waals surface area contributed by atoms with Crippen molar-refractivity contribution >= 4 is 11.6 Å². The van der Waals surface area contributed by atoms with Gasteiger partial charge in [0.1, 0.15) is 11.5 Å². The number of hydrogen-bond acceptors (Lipinski definition) is 3. The van der Waals surface area contributed by atoms with Crippen LogP contribution in [0.1, 0.15) is 18.4 Å². The van der Waals surface area contributed by atoms with Crippen LogP contribution in [-0.2, 0) is 11.3 Å². The van der Waals surface area contributed by atoms with Crippen molar-refractivity contribution in [3.8, 4) is 11.5 Å². The summed E-state index contributed by atoms with van der Waals surface area (Å²) in [6.07, 6.45) is 5.49. The Kier molecular flexibility index (Phi) is 4.65. The van der Waals surface area contributed by atoms with Crippen molar-refractivity contribution in [3.05, 3.63) is 84.7 Å². The van der Waals surface area contributed by atoms with Crippen LogP contribution in [0.3, 0.4) is 0 Å². The second-order valence-corrected chi connectivity index (χ2v) is 6.46.